The van der Waals surface area contributed by atoms with Gasteiger partial charge in [0, 0.05) is 18.8 Å². The molecule has 0 saturated heterocycles. The monoisotopic (exact) mass is 277 g/mol. The number of amides is 2. The van der Waals surface area contributed by atoms with Crippen molar-refractivity contribution in [2.75, 3.05) is 0 Å². The Balaban J connectivity index is 2.07. The number of hydrogen-bond acceptors (Lipinski definition) is 4. The van der Waals surface area contributed by atoms with Crippen LogP contribution in [-0.4, -0.2) is 21.6 Å². The fraction of sp³-hybridized carbons (Fsp3) is 0.231. The molecule has 0 bridgehead atoms. The van der Waals surface area contributed by atoms with Gasteiger partial charge in [-0.15, -0.1) is 0 Å². The molecule has 2 aromatic rings. The van der Waals surface area contributed by atoms with Crippen LogP contribution in [0.5, 0.6) is 0 Å². The van der Waals surface area contributed by atoms with E-state index in [0.29, 0.717) is 11.3 Å². The fourth-order valence-corrected chi connectivity index (χ4v) is 1.80. The summed E-state index contributed by atoms with van der Waals surface area (Å²) in [6.07, 6.45) is 3.14. The molecule has 2 rings (SSSR count). The van der Waals surface area contributed by atoms with E-state index in [1.165, 1.54) is 17.8 Å². The number of nitrogens with zero attached hydrogens (tertiary/aromatic N) is 1. The van der Waals surface area contributed by atoms with Crippen molar-refractivity contribution in [2.24, 2.45) is 7.05 Å². The highest BCUT2D eigenvalue weighted by Gasteiger charge is 2.17. The van der Waals surface area contributed by atoms with Crippen LogP contribution in [0.2, 0.25) is 0 Å². The van der Waals surface area contributed by atoms with E-state index in [2.05, 4.69) is 5.32 Å². The van der Waals surface area contributed by atoms with Crippen LogP contribution in [0.25, 0.3) is 0 Å². The Morgan fingerprint density at radius 2 is 2.15 bits per heavy atom. The SMILES string of the molecule is CC(NC(=O)c1cccn1C)c1coc(C(=O)NO)c1. The Kier molecular flexibility index (Phi) is 3.90. The molecule has 106 valence electrons. The van der Waals surface area contributed by atoms with E-state index >= 15 is 0 Å². The lowest BCUT2D eigenvalue weighted by molar-refractivity contribution is 0.0676. The molecule has 0 spiro atoms. The van der Waals surface area contributed by atoms with Crippen LogP contribution in [-0.2, 0) is 7.05 Å². The van der Waals surface area contributed by atoms with Crippen LogP contribution in [0, 0.1) is 0 Å². The van der Waals surface area contributed by atoms with Gasteiger partial charge in [0.1, 0.15) is 5.69 Å². The first-order valence-electron chi connectivity index (χ1n) is 5.98. The summed E-state index contributed by atoms with van der Waals surface area (Å²) in [5.41, 5.74) is 2.65. The van der Waals surface area contributed by atoms with E-state index in [4.69, 9.17) is 9.62 Å². The normalized spacial score (nSPS) is 11.9. The minimum absolute atomic E-state index is 0.0255. The minimum Gasteiger partial charge on any atom is -0.459 e. The predicted octanol–water partition coefficient (Wildman–Crippen LogP) is 1.23. The average molecular weight is 277 g/mol. The molecule has 3 N–H and O–H groups in total. The number of nitrogens with one attached hydrogen (secondary N) is 2. The van der Waals surface area contributed by atoms with Gasteiger partial charge >= 0.3 is 5.91 Å². The predicted molar refractivity (Wildman–Crippen MR) is 69.3 cm³/mol. The van der Waals surface area contributed by atoms with Crippen molar-refractivity contribution >= 4 is 11.8 Å². The highest BCUT2D eigenvalue weighted by atomic mass is 16.5. The number of hydroxylamine groups is 1. The lowest BCUT2D eigenvalue weighted by Gasteiger charge is -2.12. The molecule has 0 aromatic carbocycles. The number of hydrogen-bond donors (Lipinski definition) is 3. The van der Waals surface area contributed by atoms with Gasteiger partial charge in [0.15, 0.2) is 5.76 Å². The number of aryl methyl sites for hydroxylation is 1. The van der Waals surface area contributed by atoms with Gasteiger partial charge in [-0.25, -0.2) is 5.48 Å². The van der Waals surface area contributed by atoms with Gasteiger partial charge in [-0.05, 0) is 25.1 Å². The summed E-state index contributed by atoms with van der Waals surface area (Å²) in [5, 5.41) is 11.3. The largest absolute Gasteiger partial charge is 0.459 e. The van der Waals surface area contributed by atoms with E-state index in [1.54, 1.807) is 36.9 Å². The second-order valence-corrected chi connectivity index (χ2v) is 4.38. The third kappa shape index (κ3) is 2.72. The average Bonchev–Trinajstić information content (AvgIpc) is 3.06. The van der Waals surface area contributed by atoms with Crippen molar-refractivity contribution in [2.45, 2.75) is 13.0 Å². The molecule has 7 heteroatoms. The summed E-state index contributed by atoms with van der Waals surface area (Å²) in [6, 6.07) is 4.62. The van der Waals surface area contributed by atoms with Gasteiger partial charge in [0.05, 0.1) is 12.3 Å². The third-order valence-electron chi connectivity index (χ3n) is 2.97. The molecule has 0 aliphatic heterocycles. The zero-order valence-corrected chi connectivity index (χ0v) is 11.1. The summed E-state index contributed by atoms with van der Waals surface area (Å²) < 4.78 is 6.72. The highest BCUT2D eigenvalue weighted by Crippen LogP contribution is 2.17. The maximum absolute atomic E-state index is 12.0. The summed E-state index contributed by atoms with van der Waals surface area (Å²) in [6.45, 7) is 1.77. The molecule has 0 saturated carbocycles. The van der Waals surface area contributed by atoms with Gasteiger partial charge in [-0.2, -0.15) is 0 Å². The highest BCUT2D eigenvalue weighted by molar-refractivity contribution is 5.93. The van der Waals surface area contributed by atoms with Gasteiger partial charge in [0.2, 0.25) is 0 Å². The van der Waals surface area contributed by atoms with E-state index in [1.807, 2.05) is 0 Å². The minimum atomic E-state index is -0.739. The van der Waals surface area contributed by atoms with Gasteiger partial charge in [-0.1, -0.05) is 0 Å². The van der Waals surface area contributed by atoms with Crippen LogP contribution < -0.4 is 10.8 Å². The molecule has 1 unspecified atom stereocenters. The molecule has 0 radical (unpaired) electrons. The summed E-state index contributed by atoms with van der Waals surface area (Å²) in [4.78, 5) is 23.2. The van der Waals surface area contributed by atoms with Gasteiger partial charge < -0.3 is 14.3 Å². The molecule has 0 aliphatic rings. The lowest BCUT2D eigenvalue weighted by Crippen LogP contribution is -2.28. The Morgan fingerprint density at radius 3 is 2.75 bits per heavy atom. The topological polar surface area (TPSA) is 96.5 Å². The molecular formula is C13H15N3O4. The van der Waals surface area contributed by atoms with Gasteiger partial charge in [0.25, 0.3) is 5.91 Å². The molecule has 0 aliphatic carbocycles. The van der Waals surface area contributed by atoms with E-state index in [-0.39, 0.29) is 17.7 Å². The van der Waals surface area contributed by atoms with E-state index < -0.39 is 5.91 Å². The van der Waals surface area contributed by atoms with Crippen molar-refractivity contribution in [3.05, 3.63) is 47.7 Å². The van der Waals surface area contributed by atoms with Crippen LogP contribution in [0.4, 0.5) is 0 Å². The van der Waals surface area contributed by atoms with Gasteiger partial charge in [-0.3, -0.25) is 14.8 Å². The summed E-state index contributed by atoms with van der Waals surface area (Å²) in [5.74, 6) is -0.987. The lowest BCUT2D eigenvalue weighted by atomic mass is 10.1. The molecule has 2 amide bonds. The third-order valence-corrected chi connectivity index (χ3v) is 2.97. The maximum Gasteiger partial charge on any atom is 0.310 e. The first-order chi connectivity index (χ1) is 9.52. The zero-order valence-electron chi connectivity index (χ0n) is 11.1. The molecule has 1 atom stereocenters. The zero-order chi connectivity index (χ0) is 14.7. The summed E-state index contributed by atoms with van der Waals surface area (Å²) >= 11 is 0. The number of carbonyl (C=O) groups excluding carboxylic acids is 2. The van der Waals surface area contributed by atoms with E-state index in [9.17, 15) is 9.59 Å². The van der Waals surface area contributed by atoms with Crippen molar-refractivity contribution in [3.63, 3.8) is 0 Å². The Bertz CT molecular complexity index is 629. The van der Waals surface area contributed by atoms with Crippen molar-refractivity contribution in [1.82, 2.24) is 15.4 Å². The molecule has 2 heterocycles. The Morgan fingerprint density at radius 1 is 1.40 bits per heavy atom. The standard InChI is InChI=1S/C13H15N3O4/c1-8(9-6-11(20-7-9)13(18)15-19)14-12(17)10-4-3-5-16(10)2/h3-8,19H,1-2H3,(H,14,17)(H,15,18). The molecule has 7 nitrogen and oxygen atoms in total. The quantitative estimate of drug-likeness (QED) is 0.578. The Hall–Kier alpha value is -2.54. The summed E-state index contributed by atoms with van der Waals surface area (Å²) in [7, 11) is 1.78. The molecular weight excluding hydrogens is 262 g/mol. The van der Waals surface area contributed by atoms with Crippen molar-refractivity contribution in [3.8, 4) is 0 Å². The van der Waals surface area contributed by atoms with Crippen LogP contribution in [0.3, 0.4) is 0 Å². The second-order valence-electron chi connectivity index (χ2n) is 4.38. The van der Waals surface area contributed by atoms with Crippen molar-refractivity contribution < 1.29 is 19.2 Å². The smallest absolute Gasteiger partial charge is 0.310 e. The van der Waals surface area contributed by atoms with E-state index in [0.717, 1.165) is 0 Å². The number of carbonyl (C=O) groups is 2. The number of rotatable bonds is 4. The van der Waals surface area contributed by atoms with Crippen molar-refractivity contribution in [1.29, 1.82) is 0 Å². The second kappa shape index (κ2) is 5.62. The fourth-order valence-electron chi connectivity index (χ4n) is 1.80. The first kappa shape index (κ1) is 13.9. The van der Waals surface area contributed by atoms with Crippen LogP contribution in [0.1, 0.15) is 39.6 Å². The number of aromatic nitrogens is 1. The van der Waals surface area contributed by atoms with Crippen LogP contribution >= 0.6 is 0 Å². The Labute approximate surface area is 115 Å². The van der Waals surface area contributed by atoms with Crippen LogP contribution in [0.15, 0.2) is 35.1 Å². The molecule has 20 heavy (non-hydrogen) atoms. The maximum atomic E-state index is 12.0. The molecule has 2 aromatic heterocycles. The first-order valence-corrected chi connectivity index (χ1v) is 5.98. The molecule has 0 fully saturated rings. The number of furan rings is 1.